The molecule has 1 aliphatic rings. The molecule has 0 aliphatic carbocycles. The van der Waals surface area contributed by atoms with Gasteiger partial charge in [0.2, 0.25) is 0 Å². The van der Waals surface area contributed by atoms with Crippen molar-refractivity contribution < 1.29 is 9.53 Å². The summed E-state index contributed by atoms with van der Waals surface area (Å²) in [5.41, 5.74) is 6.03. The van der Waals surface area contributed by atoms with Crippen molar-refractivity contribution in [3.8, 4) is 17.0 Å². The van der Waals surface area contributed by atoms with Gasteiger partial charge in [0.05, 0.1) is 29.6 Å². The van der Waals surface area contributed by atoms with Crippen molar-refractivity contribution in [2.24, 2.45) is 0 Å². The quantitative estimate of drug-likeness (QED) is 0.282. The Labute approximate surface area is 214 Å². The van der Waals surface area contributed by atoms with Crippen molar-refractivity contribution in [2.75, 3.05) is 12.0 Å². The second kappa shape index (κ2) is 9.06. The molecule has 35 heavy (non-hydrogen) atoms. The minimum absolute atomic E-state index is 0.0710. The number of rotatable bonds is 5. The number of carbonyl (C=O) groups is 1. The molecule has 1 unspecified atom stereocenters. The number of pyridine rings is 1. The first-order valence-electron chi connectivity index (χ1n) is 11.4. The lowest BCUT2D eigenvalue weighted by Crippen LogP contribution is -2.30. The Bertz CT molecular complexity index is 1430. The molecule has 1 aliphatic heterocycles. The Kier molecular flexibility index (Phi) is 6.07. The number of fused-ring (bicyclic) bond motifs is 1. The Morgan fingerprint density at radius 2 is 1.69 bits per heavy atom. The Balaban J connectivity index is 1.80. The molecule has 2 aromatic carbocycles. The van der Waals surface area contributed by atoms with Gasteiger partial charge in [-0.2, -0.15) is 0 Å². The van der Waals surface area contributed by atoms with Crippen LogP contribution in [0, 0.1) is 6.92 Å². The fourth-order valence-corrected chi connectivity index (χ4v) is 5.21. The number of aryl methyl sites for hydroxylation is 1. The van der Waals surface area contributed by atoms with Gasteiger partial charge in [-0.1, -0.05) is 41.4 Å². The number of carbonyl (C=O) groups excluding carboxylic acids is 1. The summed E-state index contributed by atoms with van der Waals surface area (Å²) in [7, 11) is 1.64. The van der Waals surface area contributed by atoms with Crippen LogP contribution < -0.4 is 9.64 Å². The maximum atomic E-state index is 14.1. The topological polar surface area (TPSA) is 47.4 Å². The van der Waals surface area contributed by atoms with Gasteiger partial charge in [0, 0.05) is 34.2 Å². The van der Waals surface area contributed by atoms with Crippen LogP contribution in [0.3, 0.4) is 0 Å². The molecule has 2 aromatic heterocycles. The zero-order valence-electron chi connectivity index (χ0n) is 19.9. The number of halogens is 2. The second-order valence-electron chi connectivity index (χ2n) is 8.93. The minimum Gasteiger partial charge on any atom is -0.496 e. The molecule has 0 spiro atoms. The van der Waals surface area contributed by atoms with Crippen LogP contribution in [0.25, 0.3) is 11.3 Å². The van der Waals surface area contributed by atoms with Crippen LogP contribution in [-0.4, -0.2) is 22.6 Å². The van der Waals surface area contributed by atoms with E-state index in [1.54, 1.807) is 19.5 Å². The van der Waals surface area contributed by atoms with Crippen molar-refractivity contribution >= 4 is 34.8 Å². The van der Waals surface area contributed by atoms with Crippen LogP contribution in [0.15, 0.2) is 67.0 Å². The van der Waals surface area contributed by atoms with Crippen molar-refractivity contribution in [3.05, 3.63) is 99.4 Å². The lowest BCUT2D eigenvalue weighted by Gasteiger charge is -2.30. The first kappa shape index (κ1) is 23.5. The van der Waals surface area contributed by atoms with Gasteiger partial charge in [-0.25, -0.2) is 0 Å². The molecule has 0 N–H and O–H groups in total. The van der Waals surface area contributed by atoms with Crippen molar-refractivity contribution in [2.45, 2.75) is 32.9 Å². The molecule has 1 atom stereocenters. The molecular weight excluding hydrogens is 481 g/mol. The van der Waals surface area contributed by atoms with Gasteiger partial charge in [0.25, 0.3) is 5.91 Å². The lowest BCUT2D eigenvalue weighted by atomic mass is 10.0. The number of hydrogen-bond donors (Lipinski definition) is 0. The second-order valence-corrected chi connectivity index (χ2v) is 9.80. The lowest BCUT2D eigenvalue weighted by molar-refractivity contribution is 0.0993. The van der Waals surface area contributed by atoms with Crippen molar-refractivity contribution in [1.82, 2.24) is 9.55 Å². The summed E-state index contributed by atoms with van der Waals surface area (Å²) in [4.78, 5) is 20.3. The zero-order valence-corrected chi connectivity index (χ0v) is 21.4. The number of amides is 1. The molecule has 0 saturated heterocycles. The van der Waals surface area contributed by atoms with Crippen molar-refractivity contribution in [3.63, 3.8) is 0 Å². The summed E-state index contributed by atoms with van der Waals surface area (Å²) in [6.07, 6.45) is 3.48. The van der Waals surface area contributed by atoms with E-state index in [1.165, 1.54) is 0 Å². The number of anilines is 1. The number of methoxy groups -OCH3 is 1. The molecule has 1 amide bonds. The first-order chi connectivity index (χ1) is 16.8. The Morgan fingerprint density at radius 1 is 0.971 bits per heavy atom. The fourth-order valence-electron chi connectivity index (χ4n) is 4.92. The number of ether oxygens (including phenoxy) is 1. The zero-order chi connectivity index (χ0) is 24.9. The van der Waals surface area contributed by atoms with E-state index in [0.717, 1.165) is 33.8 Å². The highest BCUT2D eigenvalue weighted by Crippen LogP contribution is 2.48. The van der Waals surface area contributed by atoms with Gasteiger partial charge in [0.1, 0.15) is 11.8 Å². The van der Waals surface area contributed by atoms with E-state index >= 15 is 0 Å². The predicted octanol–water partition coefficient (Wildman–Crippen LogP) is 7.50. The third-order valence-corrected chi connectivity index (χ3v) is 6.94. The molecule has 0 saturated carbocycles. The predicted molar refractivity (Wildman–Crippen MR) is 141 cm³/mol. The fraction of sp³-hybridized carbons (Fsp3) is 0.214. The summed E-state index contributed by atoms with van der Waals surface area (Å²) >= 11 is 12.6. The van der Waals surface area contributed by atoms with E-state index in [0.29, 0.717) is 21.4 Å². The molecule has 3 heterocycles. The number of hydrogen-bond acceptors (Lipinski definition) is 3. The smallest absolute Gasteiger partial charge is 0.261 e. The summed E-state index contributed by atoms with van der Waals surface area (Å²) in [6.45, 7) is 6.22. The maximum Gasteiger partial charge on any atom is 0.261 e. The highest BCUT2D eigenvalue weighted by Gasteiger charge is 2.43. The molecule has 0 fully saturated rings. The van der Waals surface area contributed by atoms with Gasteiger partial charge in [-0.05, 0) is 68.3 Å². The normalized spacial score (nSPS) is 15.1. The standard InChI is InChI=1S/C28H25Cl2N3O2/c1-16(2)32-24(22-15-31-12-11-25(22)35-4)14-21-27(32)26(18-6-9-19(29)10-7-18)33(28(21)34)23-13-20(30)8-5-17(23)3/h5-16,26H,1-4H3. The van der Waals surface area contributed by atoms with Gasteiger partial charge in [0.15, 0.2) is 0 Å². The SMILES string of the molecule is COc1ccncc1-c1cc2c(n1C(C)C)C(c1ccc(Cl)cc1)N(c1cc(Cl)ccc1C)C2=O. The highest BCUT2D eigenvalue weighted by atomic mass is 35.5. The minimum atomic E-state index is -0.356. The van der Waals surface area contributed by atoms with Gasteiger partial charge in [-0.3, -0.25) is 14.7 Å². The first-order valence-corrected chi connectivity index (χ1v) is 12.2. The third-order valence-electron chi connectivity index (χ3n) is 6.45. The molecule has 0 radical (unpaired) electrons. The van der Waals surface area contributed by atoms with Crippen LogP contribution in [0.5, 0.6) is 5.75 Å². The molecule has 0 bridgehead atoms. The van der Waals surface area contributed by atoms with Crippen LogP contribution in [0.4, 0.5) is 5.69 Å². The van der Waals surface area contributed by atoms with Crippen LogP contribution in [0.1, 0.15) is 53.1 Å². The summed E-state index contributed by atoms with van der Waals surface area (Å²) in [5.74, 6) is 0.630. The van der Waals surface area contributed by atoms with Crippen LogP contribution in [-0.2, 0) is 0 Å². The van der Waals surface area contributed by atoms with Gasteiger partial charge in [-0.15, -0.1) is 0 Å². The molecule has 4 aromatic rings. The van der Waals surface area contributed by atoms with E-state index in [4.69, 9.17) is 27.9 Å². The van der Waals surface area contributed by atoms with Gasteiger partial charge < -0.3 is 9.30 Å². The molecule has 5 rings (SSSR count). The Morgan fingerprint density at radius 3 is 2.37 bits per heavy atom. The highest BCUT2D eigenvalue weighted by molar-refractivity contribution is 6.31. The van der Waals surface area contributed by atoms with E-state index < -0.39 is 0 Å². The molecule has 5 nitrogen and oxygen atoms in total. The van der Waals surface area contributed by atoms with E-state index in [-0.39, 0.29) is 18.0 Å². The summed E-state index contributed by atoms with van der Waals surface area (Å²) < 4.78 is 7.84. The monoisotopic (exact) mass is 505 g/mol. The van der Waals surface area contributed by atoms with E-state index in [9.17, 15) is 4.79 Å². The Hall–Kier alpha value is -3.28. The summed E-state index contributed by atoms with van der Waals surface area (Å²) in [6, 6.07) is 16.8. The van der Waals surface area contributed by atoms with E-state index in [1.807, 2.05) is 66.4 Å². The molecule has 7 heteroatoms. The van der Waals surface area contributed by atoms with Crippen LogP contribution >= 0.6 is 23.2 Å². The number of nitrogens with zero attached hydrogens (tertiary/aromatic N) is 3. The molecule has 178 valence electrons. The van der Waals surface area contributed by atoms with Crippen molar-refractivity contribution in [1.29, 1.82) is 0 Å². The van der Waals surface area contributed by atoms with Crippen LogP contribution in [0.2, 0.25) is 10.0 Å². The number of aromatic nitrogens is 2. The molecular formula is C28H25Cl2N3O2. The largest absolute Gasteiger partial charge is 0.496 e. The van der Waals surface area contributed by atoms with E-state index in [2.05, 4.69) is 23.4 Å². The number of benzene rings is 2. The average molecular weight is 506 g/mol. The van der Waals surface area contributed by atoms with Gasteiger partial charge >= 0.3 is 0 Å². The third kappa shape index (κ3) is 3.89. The summed E-state index contributed by atoms with van der Waals surface area (Å²) in [5, 5.41) is 1.22. The maximum absolute atomic E-state index is 14.1. The average Bonchev–Trinajstić information content (AvgIpc) is 3.36.